The molecule has 0 fully saturated rings. The summed E-state index contributed by atoms with van der Waals surface area (Å²) in [6, 6.07) is 2.57. The number of anilines is 1. The van der Waals surface area contributed by atoms with Crippen molar-refractivity contribution in [3.63, 3.8) is 0 Å². The van der Waals surface area contributed by atoms with Gasteiger partial charge in [0.05, 0.1) is 23.0 Å². The van der Waals surface area contributed by atoms with E-state index in [2.05, 4.69) is 15.4 Å². The molecule has 0 aromatic carbocycles. The van der Waals surface area contributed by atoms with Crippen molar-refractivity contribution >= 4 is 28.6 Å². The Morgan fingerprint density at radius 1 is 1.36 bits per heavy atom. The van der Waals surface area contributed by atoms with Gasteiger partial charge in [0, 0.05) is 6.07 Å². The van der Waals surface area contributed by atoms with Crippen molar-refractivity contribution in [3.05, 3.63) is 46.0 Å². The third-order valence-electron chi connectivity index (χ3n) is 2.82. The molecule has 0 unspecified atom stereocenters. The molecule has 0 aliphatic carbocycles. The van der Waals surface area contributed by atoms with Crippen LogP contribution in [0.5, 0.6) is 0 Å². The molecule has 0 aliphatic rings. The number of carbonyl (C=O) groups excluding carboxylic acids is 1. The number of rotatable bonds is 2. The van der Waals surface area contributed by atoms with E-state index in [-0.39, 0.29) is 17.2 Å². The first-order valence-corrected chi connectivity index (χ1v) is 7.00. The third kappa shape index (κ3) is 2.80. The Bertz CT molecular complexity index is 852. The Kier molecular flexibility index (Phi) is 3.36. The van der Waals surface area contributed by atoms with Crippen molar-refractivity contribution in [2.24, 2.45) is 0 Å². The molecule has 3 rings (SSSR count). The number of alkyl halides is 3. The van der Waals surface area contributed by atoms with E-state index >= 15 is 0 Å². The van der Waals surface area contributed by atoms with Gasteiger partial charge >= 0.3 is 6.18 Å². The van der Waals surface area contributed by atoms with E-state index in [4.69, 9.17) is 0 Å². The highest BCUT2D eigenvalue weighted by atomic mass is 32.1. The first-order chi connectivity index (χ1) is 10.3. The topological polar surface area (TPSA) is 59.3 Å². The maximum Gasteiger partial charge on any atom is 0.435 e. The number of amides is 1. The number of hydrogen-bond acceptors (Lipinski definition) is 4. The molecular weight excluding hydrogens is 317 g/mol. The van der Waals surface area contributed by atoms with Crippen LogP contribution in [-0.2, 0) is 6.18 Å². The predicted octanol–water partition coefficient (Wildman–Crippen LogP) is 3.37. The molecule has 22 heavy (non-hydrogen) atoms. The summed E-state index contributed by atoms with van der Waals surface area (Å²) in [5.74, 6) is -0.345. The maximum atomic E-state index is 12.6. The first kappa shape index (κ1) is 14.5. The van der Waals surface area contributed by atoms with E-state index in [9.17, 15) is 18.0 Å². The van der Waals surface area contributed by atoms with Gasteiger partial charge in [0.25, 0.3) is 5.91 Å². The fourth-order valence-electron chi connectivity index (χ4n) is 1.82. The van der Waals surface area contributed by atoms with E-state index in [0.29, 0.717) is 4.88 Å². The van der Waals surface area contributed by atoms with Crippen LogP contribution in [0.15, 0.2) is 29.9 Å². The van der Waals surface area contributed by atoms with Crippen molar-refractivity contribution < 1.29 is 18.0 Å². The minimum Gasteiger partial charge on any atom is -0.319 e. The second kappa shape index (κ2) is 5.09. The Morgan fingerprint density at radius 3 is 2.77 bits per heavy atom. The van der Waals surface area contributed by atoms with Crippen LogP contribution in [0.4, 0.5) is 18.9 Å². The molecule has 1 amide bonds. The number of thiophene rings is 1. The Morgan fingerprint density at radius 2 is 2.14 bits per heavy atom. The lowest BCUT2D eigenvalue weighted by atomic mass is 10.3. The Labute approximate surface area is 126 Å². The van der Waals surface area contributed by atoms with Crippen LogP contribution < -0.4 is 5.32 Å². The van der Waals surface area contributed by atoms with Crippen LogP contribution in [0.3, 0.4) is 0 Å². The van der Waals surface area contributed by atoms with Crippen molar-refractivity contribution in [1.29, 1.82) is 0 Å². The van der Waals surface area contributed by atoms with Gasteiger partial charge in [-0.15, -0.1) is 11.3 Å². The van der Waals surface area contributed by atoms with Crippen molar-refractivity contribution in [1.82, 2.24) is 14.6 Å². The van der Waals surface area contributed by atoms with Gasteiger partial charge < -0.3 is 5.32 Å². The average molecular weight is 326 g/mol. The number of fused-ring (bicyclic) bond motifs is 1. The molecule has 3 heterocycles. The molecular formula is C13H9F3N4OS. The number of hydrogen-bond donors (Lipinski definition) is 1. The minimum atomic E-state index is -4.54. The molecule has 0 aliphatic heterocycles. The Hall–Kier alpha value is -2.42. The monoisotopic (exact) mass is 326 g/mol. The smallest absolute Gasteiger partial charge is 0.319 e. The fourth-order valence-corrected chi connectivity index (χ4v) is 2.62. The second-order valence-corrected chi connectivity index (χ2v) is 5.53. The van der Waals surface area contributed by atoms with E-state index in [1.54, 1.807) is 6.07 Å². The SMILES string of the molecule is Cc1csc(C(=O)Nc2cnc3cc(C(F)(F)F)nn3c2)c1. The van der Waals surface area contributed by atoms with Crippen LogP contribution in [0.25, 0.3) is 5.65 Å². The third-order valence-corrected chi connectivity index (χ3v) is 3.86. The van der Waals surface area contributed by atoms with Gasteiger partial charge in [0.15, 0.2) is 11.3 Å². The second-order valence-electron chi connectivity index (χ2n) is 4.62. The molecule has 0 atom stereocenters. The Balaban J connectivity index is 1.87. The van der Waals surface area contributed by atoms with Crippen LogP contribution in [0.2, 0.25) is 0 Å². The number of carbonyl (C=O) groups is 1. The zero-order valence-corrected chi connectivity index (χ0v) is 12.0. The van der Waals surface area contributed by atoms with Crippen molar-refractivity contribution in [3.8, 4) is 0 Å². The molecule has 114 valence electrons. The lowest BCUT2D eigenvalue weighted by Crippen LogP contribution is -2.11. The number of nitrogens with one attached hydrogen (secondary N) is 1. The van der Waals surface area contributed by atoms with Gasteiger partial charge in [-0.2, -0.15) is 18.3 Å². The average Bonchev–Trinajstić information content (AvgIpc) is 3.03. The predicted molar refractivity (Wildman–Crippen MR) is 75.0 cm³/mol. The van der Waals surface area contributed by atoms with E-state index in [1.807, 2.05) is 12.3 Å². The quantitative estimate of drug-likeness (QED) is 0.785. The number of halogens is 3. The number of aromatic nitrogens is 3. The van der Waals surface area contributed by atoms with Gasteiger partial charge in [-0.25, -0.2) is 9.50 Å². The largest absolute Gasteiger partial charge is 0.435 e. The molecule has 3 aromatic rings. The van der Waals surface area contributed by atoms with Crippen LogP contribution in [0.1, 0.15) is 20.9 Å². The molecule has 0 radical (unpaired) electrons. The standard InChI is InChI=1S/C13H9F3N4OS/c1-7-2-9(22-6-7)12(21)18-8-4-17-11-3-10(13(14,15)16)19-20(11)5-8/h2-6H,1H3,(H,18,21). The molecule has 0 saturated heterocycles. The molecule has 5 nitrogen and oxygen atoms in total. The van der Waals surface area contributed by atoms with Crippen LogP contribution in [-0.4, -0.2) is 20.5 Å². The molecule has 0 bridgehead atoms. The highest BCUT2D eigenvalue weighted by Crippen LogP contribution is 2.28. The lowest BCUT2D eigenvalue weighted by Gasteiger charge is -2.03. The molecule has 0 spiro atoms. The molecule has 9 heteroatoms. The van der Waals surface area contributed by atoms with E-state index in [0.717, 1.165) is 16.1 Å². The summed E-state index contributed by atoms with van der Waals surface area (Å²) in [5, 5.41) is 7.82. The first-order valence-electron chi connectivity index (χ1n) is 6.12. The fraction of sp³-hybridized carbons (Fsp3) is 0.154. The summed E-state index contributed by atoms with van der Waals surface area (Å²) in [6.07, 6.45) is -1.96. The van der Waals surface area contributed by atoms with Crippen LogP contribution >= 0.6 is 11.3 Å². The molecule has 1 N–H and O–H groups in total. The van der Waals surface area contributed by atoms with E-state index in [1.165, 1.54) is 23.7 Å². The molecule has 0 saturated carbocycles. The summed E-state index contributed by atoms with van der Waals surface area (Å²) in [7, 11) is 0. The highest BCUT2D eigenvalue weighted by molar-refractivity contribution is 7.12. The summed E-state index contributed by atoms with van der Waals surface area (Å²) in [5.41, 5.74) is 0.251. The lowest BCUT2D eigenvalue weighted by molar-refractivity contribution is -0.141. The number of nitrogens with zero attached hydrogens (tertiary/aromatic N) is 3. The van der Waals surface area contributed by atoms with Crippen molar-refractivity contribution in [2.45, 2.75) is 13.1 Å². The zero-order chi connectivity index (χ0) is 15.9. The summed E-state index contributed by atoms with van der Waals surface area (Å²) in [4.78, 5) is 16.4. The minimum absolute atomic E-state index is 0.0530. The highest BCUT2D eigenvalue weighted by Gasteiger charge is 2.34. The normalized spacial score (nSPS) is 11.8. The van der Waals surface area contributed by atoms with Gasteiger partial charge in [0.2, 0.25) is 0 Å². The van der Waals surface area contributed by atoms with Crippen molar-refractivity contribution in [2.75, 3.05) is 5.32 Å². The summed E-state index contributed by atoms with van der Waals surface area (Å²) < 4.78 is 38.7. The zero-order valence-electron chi connectivity index (χ0n) is 11.2. The summed E-state index contributed by atoms with van der Waals surface area (Å²) in [6.45, 7) is 1.86. The maximum absolute atomic E-state index is 12.6. The van der Waals surface area contributed by atoms with Crippen LogP contribution in [0, 0.1) is 6.92 Å². The number of aryl methyl sites for hydroxylation is 1. The van der Waals surface area contributed by atoms with Gasteiger partial charge in [0.1, 0.15) is 0 Å². The van der Waals surface area contributed by atoms with Gasteiger partial charge in [-0.05, 0) is 23.9 Å². The van der Waals surface area contributed by atoms with Gasteiger partial charge in [-0.3, -0.25) is 4.79 Å². The van der Waals surface area contributed by atoms with Gasteiger partial charge in [-0.1, -0.05) is 0 Å². The molecule has 3 aromatic heterocycles. The summed E-state index contributed by atoms with van der Waals surface area (Å²) >= 11 is 1.28. The van der Waals surface area contributed by atoms with E-state index < -0.39 is 11.9 Å².